The molecule has 0 bridgehead atoms. The smallest absolute Gasteiger partial charge is 0.120 e. The molecule has 1 aliphatic heterocycles. The lowest BCUT2D eigenvalue weighted by Gasteiger charge is -2.45. The topological polar surface area (TPSA) is 50.7 Å². The maximum atomic E-state index is 9.94. The quantitative estimate of drug-likeness (QED) is 0.710. The average Bonchev–Trinajstić information content (AvgIpc) is 2.66. The van der Waals surface area contributed by atoms with Crippen LogP contribution in [0.3, 0.4) is 0 Å². The molecule has 27 heavy (non-hydrogen) atoms. The van der Waals surface area contributed by atoms with Crippen LogP contribution in [0, 0.1) is 0 Å². The Bertz CT molecular complexity index is 742. The van der Waals surface area contributed by atoms with Gasteiger partial charge in [0.1, 0.15) is 11.5 Å². The Balaban J connectivity index is 1.71. The fourth-order valence-corrected chi connectivity index (χ4v) is 4.24. The summed E-state index contributed by atoms with van der Waals surface area (Å²) < 4.78 is 11.3. The van der Waals surface area contributed by atoms with Gasteiger partial charge in [-0.3, -0.25) is 0 Å². The van der Waals surface area contributed by atoms with Crippen molar-refractivity contribution in [2.45, 2.75) is 50.7 Å². The molecule has 1 atom stereocenters. The maximum absolute atomic E-state index is 9.94. The Hall–Kier alpha value is -2.04. The largest absolute Gasteiger partial charge is 0.508 e. The van der Waals surface area contributed by atoms with Crippen LogP contribution in [-0.2, 0) is 16.7 Å². The van der Waals surface area contributed by atoms with Gasteiger partial charge in [0.05, 0.1) is 12.7 Å². The number of phenolic OH excluding ortho intramolecular Hbond substituents is 1. The van der Waals surface area contributed by atoms with E-state index in [0.29, 0.717) is 12.3 Å². The summed E-state index contributed by atoms with van der Waals surface area (Å²) in [5, 5.41) is 13.4. The van der Waals surface area contributed by atoms with Crippen molar-refractivity contribution >= 4 is 0 Å². The highest BCUT2D eigenvalue weighted by atomic mass is 16.5. The first-order valence-electron chi connectivity index (χ1n) is 9.70. The zero-order chi connectivity index (χ0) is 19.3. The summed E-state index contributed by atoms with van der Waals surface area (Å²) in [5.41, 5.74) is 2.24. The van der Waals surface area contributed by atoms with Gasteiger partial charge in [0.15, 0.2) is 0 Å². The Labute approximate surface area is 162 Å². The molecule has 4 nitrogen and oxygen atoms in total. The molecule has 0 amide bonds. The van der Waals surface area contributed by atoms with E-state index < -0.39 is 0 Å². The number of ether oxygens (including phenoxy) is 2. The molecule has 1 fully saturated rings. The molecule has 1 heterocycles. The van der Waals surface area contributed by atoms with Crippen molar-refractivity contribution in [3.8, 4) is 11.5 Å². The van der Waals surface area contributed by atoms with E-state index in [1.807, 2.05) is 18.2 Å². The predicted molar refractivity (Wildman–Crippen MR) is 108 cm³/mol. The van der Waals surface area contributed by atoms with E-state index in [9.17, 15) is 5.11 Å². The van der Waals surface area contributed by atoms with Gasteiger partial charge in [0, 0.05) is 24.1 Å². The van der Waals surface area contributed by atoms with Crippen LogP contribution in [0.4, 0.5) is 0 Å². The van der Waals surface area contributed by atoms with E-state index in [2.05, 4.69) is 43.4 Å². The number of para-hydroxylation sites is 1. The third-order valence-electron chi connectivity index (χ3n) is 5.63. The van der Waals surface area contributed by atoms with Crippen LogP contribution in [0.15, 0.2) is 48.5 Å². The normalized spacial score (nSPS) is 21.7. The molecule has 0 saturated carbocycles. The van der Waals surface area contributed by atoms with Crippen molar-refractivity contribution in [3.63, 3.8) is 0 Å². The van der Waals surface area contributed by atoms with Crippen molar-refractivity contribution in [1.29, 1.82) is 0 Å². The van der Waals surface area contributed by atoms with E-state index in [1.54, 1.807) is 13.2 Å². The standard InChI is InChI=1S/C23H31NO3/c1-22(2)17-23(13-15-27-22,19-8-10-20(26-3)11-9-19)12-14-24-16-18-6-4-5-7-21(18)25/h4-11,24-25H,12-17H2,1-3H3. The van der Waals surface area contributed by atoms with E-state index in [4.69, 9.17) is 9.47 Å². The van der Waals surface area contributed by atoms with Crippen LogP contribution in [0.5, 0.6) is 11.5 Å². The maximum Gasteiger partial charge on any atom is 0.120 e. The number of aromatic hydroxyl groups is 1. The Morgan fingerprint density at radius 1 is 1.11 bits per heavy atom. The van der Waals surface area contributed by atoms with Crippen LogP contribution >= 0.6 is 0 Å². The molecule has 0 aliphatic carbocycles. The molecule has 4 heteroatoms. The highest BCUT2D eigenvalue weighted by molar-refractivity contribution is 5.34. The number of nitrogens with one attached hydrogen (secondary N) is 1. The highest BCUT2D eigenvalue weighted by Gasteiger charge is 2.41. The summed E-state index contributed by atoms with van der Waals surface area (Å²) in [7, 11) is 1.70. The van der Waals surface area contributed by atoms with Crippen molar-refractivity contribution in [3.05, 3.63) is 59.7 Å². The Kier molecular flexibility index (Phi) is 6.08. The Morgan fingerprint density at radius 3 is 2.52 bits per heavy atom. The van der Waals surface area contributed by atoms with E-state index in [1.165, 1.54) is 5.56 Å². The van der Waals surface area contributed by atoms with Gasteiger partial charge in [0.2, 0.25) is 0 Å². The summed E-state index contributed by atoms with van der Waals surface area (Å²) in [6.45, 7) is 6.69. The second-order valence-electron chi connectivity index (χ2n) is 8.10. The van der Waals surface area contributed by atoms with Crippen molar-refractivity contribution in [1.82, 2.24) is 5.32 Å². The van der Waals surface area contributed by atoms with Gasteiger partial charge in [-0.05, 0) is 63.4 Å². The molecule has 0 spiro atoms. The molecule has 1 saturated heterocycles. The molecule has 2 N–H and O–H groups in total. The average molecular weight is 370 g/mol. The molecule has 0 radical (unpaired) electrons. The van der Waals surface area contributed by atoms with Crippen LogP contribution in [-0.4, -0.2) is 31.0 Å². The van der Waals surface area contributed by atoms with Crippen LogP contribution < -0.4 is 10.1 Å². The number of hydrogen-bond acceptors (Lipinski definition) is 4. The first-order chi connectivity index (χ1) is 12.9. The third-order valence-corrected chi connectivity index (χ3v) is 5.63. The number of methoxy groups -OCH3 is 1. The van der Waals surface area contributed by atoms with Crippen LogP contribution in [0.1, 0.15) is 44.2 Å². The molecular weight excluding hydrogens is 338 g/mol. The van der Waals surface area contributed by atoms with Gasteiger partial charge >= 0.3 is 0 Å². The number of benzene rings is 2. The zero-order valence-corrected chi connectivity index (χ0v) is 16.6. The fraction of sp³-hybridized carbons (Fsp3) is 0.478. The molecule has 1 unspecified atom stereocenters. The van der Waals surface area contributed by atoms with E-state index in [0.717, 1.165) is 43.7 Å². The summed E-state index contributed by atoms with van der Waals surface area (Å²) in [4.78, 5) is 0. The molecule has 2 aromatic rings. The minimum atomic E-state index is -0.129. The fourth-order valence-electron chi connectivity index (χ4n) is 4.24. The van der Waals surface area contributed by atoms with Gasteiger partial charge < -0.3 is 19.9 Å². The third kappa shape index (κ3) is 4.82. The van der Waals surface area contributed by atoms with Gasteiger partial charge in [-0.1, -0.05) is 30.3 Å². The number of rotatable bonds is 7. The SMILES string of the molecule is COc1ccc(C2(CCNCc3ccccc3O)CCOC(C)(C)C2)cc1. The van der Waals surface area contributed by atoms with E-state index >= 15 is 0 Å². The van der Waals surface area contributed by atoms with Crippen molar-refractivity contribution in [2.75, 3.05) is 20.3 Å². The monoisotopic (exact) mass is 369 g/mol. The van der Waals surface area contributed by atoms with Crippen LogP contribution in [0.2, 0.25) is 0 Å². The summed E-state index contributed by atoms with van der Waals surface area (Å²) in [5.74, 6) is 1.24. The zero-order valence-electron chi connectivity index (χ0n) is 16.6. The van der Waals surface area contributed by atoms with Crippen molar-refractivity contribution in [2.24, 2.45) is 0 Å². The molecule has 146 valence electrons. The second-order valence-corrected chi connectivity index (χ2v) is 8.10. The van der Waals surface area contributed by atoms with E-state index in [-0.39, 0.29) is 11.0 Å². The molecular formula is C23H31NO3. The van der Waals surface area contributed by atoms with Gasteiger partial charge in [0.25, 0.3) is 0 Å². The van der Waals surface area contributed by atoms with Crippen molar-refractivity contribution < 1.29 is 14.6 Å². The summed E-state index contributed by atoms with van der Waals surface area (Å²) in [6.07, 6.45) is 3.03. The highest BCUT2D eigenvalue weighted by Crippen LogP contribution is 2.44. The molecule has 0 aromatic heterocycles. The first-order valence-corrected chi connectivity index (χ1v) is 9.70. The van der Waals surface area contributed by atoms with Gasteiger partial charge in [-0.2, -0.15) is 0 Å². The number of hydrogen-bond donors (Lipinski definition) is 2. The number of phenols is 1. The Morgan fingerprint density at radius 2 is 1.85 bits per heavy atom. The minimum Gasteiger partial charge on any atom is -0.508 e. The molecule has 3 rings (SSSR count). The first kappa shape index (κ1) is 19.7. The lowest BCUT2D eigenvalue weighted by Crippen LogP contribution is -2.45. The lowest BCUT2D eigenvalue weighted by atomic mass is 9.67. The summed E-state index contributed by atoms with van der Waals surface area (Å²) in [6, 6.07) is 16.0. The minimum absolute atomic E-state index is 0.0831. The van der Waals surface area contributed by atoms with Gasteiger partial charge in [-0.25, -0.2) is 0 Å². The molecule has 1 aliphatic rings. The summed E-state index contributed by atoms with van der Waals surface area (Å²) >= 11 is 0. The lowest BCUT2D eigenvalue weighted by molar-refractivity contribution is -0.0840. The van der Waals surface area contributed by atoms with Gasteiger partial charge in [-0.15, -0.1) is 0 Å². The van der Waals surface area contributed by atoms with Crippen LogP contribution in [0.25, 0.3) is 0 Å². The predicted octanol–water partition coefficient (Wildman–Crippen LogP) is 4.41. The second kappa shape index (κ2) is 8.32. The molecule has 2 aromatic carbocycles.